The average molecular weight is 345 g/mol. The Balaban J connectivity index is 1.63. The highest BCUT2D eigenvalue weighted by Crippen LogP contribution is 2.32. The first-order valence-corrected chi connectivity index (χ1v) is 8.93. The maximum atomic E-state index is 12.4. The van der Waals surface area contributed by atoms with Crippen molar-refractivity contribution in [2.24, 2.45) is 5.92 Å². The molecular formula is C18H19NO4S. The van der Waals surface area contributed by atoms with Crippen molar-refractivity contribution in [3.8, 4) is 0 Å². The first kappa shape index (κ1) is 16.6. The number of carbonyl (C=O) groups is 2. The monoisotopic (exact) mass is 345 g/mol. The van der Waals surface area contributed by atoms with Crippen LogP contribution in [0, 0.1) is 5.92 Å². The van der Waals surface area contributed by atoms with Gasteiger partial charge in [-0.25, -0.2) is 4.79 Å². The fourth-order valence-corrected chi connectivity index (χ4v) is 3.46. The number of nitrogens with one attached hydrogen (secondary N) is 1. The van der Waals surface area contributed by atoms with Gasteiger partial charge in [-0.1, -0.05) is 25.0 Å². The van der Waals surface area contributed by atoms with Gasteiger partial charge in [0.25, 0.3) is 5.91 Å². The predicted octanol–water partition coefficient (Wildman–Crippen LogP) is 3.80. The Morgan fingerprint density at radius 2 is 2.00 bits per heavy atom. The van der Waals surface area contributed by atoms with Crippen LogP contribution in [0.5, 0.6) is 0 Å². The van der Waals surface area contributed by atoms with Gasteiger partial charge in [0.15, 0.2) is 0 Å². The fraction of sp³-hybridized carbons (Fsp3) is 0.333. The van der Waals surface area contributed by atoms with E-state index in [4.69, 9.17) is 9.52 Å². The summed E-state index contributed by atoms with van der Waals surface area (Å²) in [6.07, 6.45) is 4.96. The lowest BCUT2D eigenvalue weighted by Gasteiger charge is -2.09. The first-order chi connectivity index (χ1) is 11.6. The second-order valence-corrected chi connectivity index (χ2v) is 6.85. The number of benzene rings is 1. The zero-order valence-corrected chi connectivity index (χ0v) is 14.0. The van der Waals surface area contributed by atoms with Crippen LogP contribution in [0.3, 0.4) is 0 Å². The molecule has 2 N–H and O–H groups in total. The normalized spacial score (nSPS) is 13.7. The minimum Gasteiger partial charge on any atom is -0.478 e. The van der Waals surface area contributed by atoms with Gasteiger partial charge in [0, 0.05) is 11.4 Å². The van der Waals surface area contributed by atoms with E-state index in [1.165, 1.54) is 36.9 Å². The van der Waals surface area contributed by atoms with Crippen molar-refractivity contribution in [3.05, 3.63) is 53.5 Å². The third kappa shape index (κ3) is 4.20. The Kier molecular flexibility index (Phi) is 5.25. The van der Waals surface area contributed by atoms with E-state index < -0.39 is 5.97 Å². The molecule has 3 rings (SSSR count). The van der Waals surface area contributed by atoms with Gasteiger partial charge >= 0.3 is 5.97 Å². The van der Waals surface area contributed by atoms with E-state index in [1.54, 1.807) is 6.07 Å². The van der Waals surface area contributed by atoms with Crippen LogP contribution in [0.15, 0.2) is 45.9 Å². The van der Waals surface area contributed by atoms with Crippen LogP contribution in [-0.2, 0) is 5.75 Å². The van der Waals surface area contributed by atoms with E-state index in [9.17, 15) is 9.59 Å². The molecule has 1 aromatic carbocycles. The number of rotatable bonds is 8. The molecule has 24 heavy (non-hydrogen) atoms. The number of carboxylic acid groups (broad SMARTS) is 1. The van der Waals surface area contributed by atoms with Gasteiger partial charge in [0.1, 0.15) is 11.3 Å². The number of hydrogen-bond acceptors (Lipinski definition) is 4. The molecule has 126 valence electrons. The average Bonchev–Trinajstić information content (AvgIpc) is 3.27. The second-order valence-electron chi connectivity index (χ2n) is 5.84. The molecule has 1 aromatic heterocycles. The summed E-state index contributed by atoms with van der Waals surface area (Å²) < 4.78 is 5.24. The zero-order chi connectivity index (χ0) is 16.9. The molecule has 0 spiro atoms. The zero-order valence-electron chi connectivity index (χ0n) is 13.2. The third-order valence-electron chi connectivity index (χ3n) is 4.00. The Morgan fingerprint density at radius 3 is 2.75 bits per heavy atom. The lowest BCUT2D eigenvalue weighted by atomic mass is 10.2. The second kappa shape index (κ2) is 7.57. The summed E-state index contributed by atoms with van der Waals surface area (Å²) in [7, 11) is 0. The smallest absolute Gasteiger partial charge is 0.339 e. The third-order valence-corrected chi connectivity index (χ3v) is 5.07. The Hall–Kier alpha value is -2.21. The molecule has 1 saturated carbocycles. The van der Waals surface area contributed by atoms with E-state index in [1.807, 2.05) is 18.2 Å². The summed E-state index contributed by atoms with van der Waals surface area (Å²) in [5.74, 6) is 0.447. The SMILES string of the molecule is O=C(NCCC1CC1)c1ccccc1SCc1occc1C(=O)O. The van der Waals surface area contributed by atoms with E-state index in [-0.39, 0.29) is 11.5 Å². The van der Waals surface area contributed by atoms with Gasteiger partial charge in [-0.05, 0) is 30.5 Å². The summed E-state index contributed by atoms with van der Waals surface area (Å²) in [6, 6.07) is 8.78. The minimum atomic E-state index is -1.01. The summed E-state index contributed by atoms with van der Waals surface area (Å²) in [5.41, 5.74) is 0.774. The molecule has 5 nitrogen and oxygen atoms in total. The summed E-state index contributed by atoms with van der Waals surface area (Å²) in [6.45, 7) is 0.698. The standard InChI is InChI=1S/C18H19NO4S/c20-17(19-9-7-12-5-6-12)14-3-1-2-4-16(14)24-11-15-13(18(21)22)8-10-23-15/h1-4,8,10,12H,5-7,9,11H2,(H,19,20)(H,21,22). The number of amides is 1. The summed E-state index contributed by atoms with van der Waals surface area (Å²) in [5, 5.41) is 12.1. The molecular weight excluding hydrogens is 326 g/mol. The van der Waals surface area contributed by atoms with Crippen LogP contribution in [-0.4, -0.2) is 23.5 Å². The molecule has 0 saturated heterocycles. The lowest BCUT2D eigenvalue weighted by Crippen LogP contribution is -2.25. The largest absolute Gasteiger partial charge is 0.478 e. The number of thioether (sulfide) groups is 1. The molecule has 0 atom stereocenters. The molecule has 0 radical (unpaired) electrons. The van der Waals surface area contributed by atoms with Gasteiger partial charge in [-0.15, -0.1) is 11.8 Å². The van der Waals surface area contributed by atoms with Crippen molar-refractivity contribution in [2.75, 3.05) is 6.54 Å². The van der Waals surface area contributed by atoms with Crippen molar-refractivity contribution in [1.82, 2.24) is 5.32 Å². The van der Waals surface area contributed by atoms with Crippen molar-refractivity contribution in [1.29, 1.82) is 0 Å². The van der Waals surface area contributed by atoms with Crippen LogP contribution in [0.2, 0.25) is 0 Å². The lowest BCUT2D eigenvalue weighted by molar-refractivity contribution is 0.0694. The molecule has 1 amide bonds. The quantitative estimate of drug-likeness (QED) is 0.711. The molecule has 2 aromatic rings. The molecule has 0 bridgehead atoms. The highest BCUT2D eigenvalue weighted by atomic mass is 32.2. The molecule has 1 aliphatic carbocycles. The Labute approximate surface area is 144 Å². The highest BCUT2D eigenvalue weighted by Gasteiger charge is 2.21. The predicted molar refractivity (Wildman–Crippen MR) is 91.3 cm³/mol. The van der Waals surface area contributed by atoms with E-state index in [2.05, 4.69) is 5.32 Å². The van der Waals surface area contributed by atoms with Gasteiger partial charge in [-0.2, -0.15) is 0 Å². The number of carboxylic acids is 1. The topological polar surface area (TPSA) is 79.5 Å². The molecule has 6 heteroatoms. The van der Waals surface area contributed by atoms with E-state index in [0.29, 0.717) is 23.6 Å². The first-order valence-electron chi connectivity index (χ1n) is 7.95. The number of hydrogen-bond donors (Lipinski definition) is 2. The highest BCUT2D eigenvalue weighted by molar-refractivity contribution is 7.98. The number of furan rings is 1. The Bertz CT molecular complexity index is 736. The van der Waals surface area contributed by atoms with Crippen LogP contribution in [0.4, 0.5) is 0 Å². The number of aromatic carboxylic acids is 1. The summed E-state index contributed by atoms with van der Waals surface area (Å²) in [4.78, 5) is 24.3. The van der Waals surface area contributed by atoms with Gasteiger partial charge in [-0.3, -0.25) is 4.79 Å². The molecule has 1 heterocycles. The maximum absolute atomic E-state index is 12.4. The van der Waals surface area contributed by atoms with E-state index in [0.717, 1.165) is 17.2 Å². The van der Waals surface area contributed by atoms with Crippen LogP contribution < -0.4 is 5.32 Å². The van der Waals surface area contributed by atoms with Crippen molar-refractivity contribution >= 4 is 23.6 Å². The molecule has 0 unspecified atom stereocenters. The van der Waals surface area contributed by atoms with Crippen LogP contribution >= 0.6 is 11.8 Å². The summed E-state index contributed by atoms with van der Waals surface area (Å²) >= 11 is 1.40. The maximum Gasteiger partial charge on any atom is 0.339 e. The van der Waals surface area contributed by atoms with Crippen molar-refractivity contribution in [3.63, 3.8) is 0 Å². The fourth-order valence-electron chi connectivity index (χ4n) is 2.46. The molecule has 1 fully saturated rings. The van der Waals surface area contributed by atoms with Crippen molar-refractivity contribution < 1.29 is 19.1 Å². The van der Waals surface area contributed by atoms with Crippen molar-refractivity contribution in [2.45, 2.75) is 29.9 Å². The number of carbonyl (C=O) groups excluding carboxylic acids is 1. The minimum absolute atomic E-state index is 0.0864. The van der Waals surface area contributed by atoms with Crippen LogP contribution in [0.25, 0.3) is 0 Å². The van der Waals surface area contributed by atoms with Crippen LogP contribution in [0.1, 0.15) is 45.7 Å². The van der Waals surface area contributed by atoms with Gasteiger partial charge < -0.3 is 14.8 Å². The Morgan fingerprint density at radius 1 is 1.21 bits per heavy atom. The molecule has 0 aliphatic heterocycles. The molecule has 1 aliphatic rings. The van der Waals surface area contributed by atoms with Gasteiger partial charge in [0.05, 0.1) is 17.6 Å². The van der Waals surface area contributed by atoms with Gasteiger partial charge in [0.2, 0.25) is 0 Å². The van der Waals surface area contributed by atoms with E-state index >= 15 is 0 Å².